The summed E-state index contributed by atoms with van der Waals surface area (Å²) in [4.78, 5) is 28.7. The van der Waals surface area contributed by atoms with Crippen molar-refractivity contribution in [2.24, 2.45) is 0 Å². The molecule has 1 N–H and O–H groups in total. The van der Waals surface area contributed by atoms with E-state index in [2.05, 4.69) is 49.6 Å². The van der Waals surface area contributed by atoms with Crippen LogP contribution in [-0.2, 0) is 39.9 Å². The number of nitrogens with one attached hydrogen (secondary N) is 1. The first-order valence-corrected chi connectivity index (χ1v) is 27.1. The molecule has 1 fully saturated rings. The van der Waals surface area contributed by atoms with Gasteiger partial charge in [-0.25, -0.2) is 4.67 Å². The first-order chi connectivity index (χ1) is 32.4. The van der Waals surface area contributed by atoms with Gasteiger partial charge in [0, 0.05) is 25.3 Å². The molecule has 0 radical (unpaired) electrons. The number of methoxy groups -OCH3 is 2. The van der Waals surface area contributed by atoms with E-state index in [0.29, 0.717) is 16.4 Å². The Kier molecular flexibility index (Phi) is 18.6. The molecule has 376 valence electrons. The van der Waals surface area contributed by atoms with E-state index in [4.69, 9.17) is 44.6 Å². The quantitative estimate of drug-likeness (QED) is 0.0278. The molecule has 0 bridgehead atoms. The highest BCUT2D eigenvalue weighted by atomic mass is 32.1. The lowest BCUT2D eigenvalue weighted by molar-refractivity contribution is -0.184. The van der Waals surface area contributed by atoms with Crippen molar-refractivity contribution >= 4 is 35.0 Å². The number of H-pyrrole nitrogens is 1. The molecule has 1 saturated heterocycles. The SMILES string of the molecule is COc1ccc(C(OC[C@H]2O[C@@H](n3cc(CN(C)C(=O)C(F)(F)F)c(=O)[nH]c3=S)[C@H](O[Si](C)(C)C(C)(C)C)[C@@H]2OP(OCCC#N)N(C(C)C)C(C)C)(c2ccccc2)c2ccc(OC)cc2)cc1. The van der Waals surface area contributed by atoms with Gasteiger partial charge in [-0.15, -0.1) is 0 Å². The molecule has 4 aromatic rings. The lowest BCUT2D eigenvalue weighted by atomic mass is 9.80. The van der Waals surface area contributed by atoms with E-state index in [0.717, 1.165) is 23.7 Å². The minimum Gasteiger partial charge on any atom is -0.497 e. The van der Waals surface area contributed by atoms with Crippen LogP contribution in [-0.4, -0.2) is 104 Å². The fourth-order valence-electron chi connectivity index (χ4n) is 7.89. The van der Waals surface area contributed by atoms with Crippen molar-refractivity contribution in [3.63, 3.8) is 0 Å². The summed E-state index contributed by atoms with van der Waals surface area (Å²) in [5, 5.41) is 9.22. The third-order valence-corrected chi connectivity index (χ3v) is 19.3. The second kappa shape index (κ2) is 23.2. The van der Waals surface area contributed by atoms with Crippen LogP contribution >= 0.6 is 20.7 Å². The van der Waals surface area contributed by atoms with E-state index in [9.17, 15) is 28.0 Å². The average Bonchev–Trinajstić information content (AvgIpc) is 3.61. The molecule has 5 atom stereocenters. The zero-order valence-electron chi connectivity index (χ0n) is 41.3. The van der Waals surface area contributed by atoms with Crippen molar-refractivity contribution in [1.29, 1.82) is 5.26 Å². The van der Waals surface area contributed by atoms with Crippen molar-refractivity contribution in [2.45, 2.75) is 128 Å². The number of carbonyl (C=O) groups is 1. The first kappa shape index (κ1) is 55.4. The number of amides is 1. The van der Waals surface area contributed by atoms with Gasteiger partial charge in [0.1, 0.15) is 35.4 Å². The van der Waals surface area contributed by atoms with E-state index in [1.165, 1.54) is 10.8 Å². The zero-order chi connectivity index (χ0) is 51.1. The third-order valence-electron chi connectivity index (χ3n) is 12.3. The van der Waals surface area contributed by atoms with Gasteiger partial charge in [-0.05, 0) is 99.0 Å². The first-order valence-electron chi connectivity index (χ1n) is 22.6. The summed E-state index contributed by atoms with van der Waals surface area (Å²) in [5.74, 6) is -0.864. The van der Waals surface area contributed by atoms with Crippen molar-refractivity contribution in [3.05, 3.63) is 122 Å². The highest BCUT2D eigenvalue weighted by Gasteiger charge is 2.54. The van der Waals surface area contributed by atoms with Gasteiger partial charge in [0.25, 0.3) is 14.1 Å². The lowest BCUT2D eigenvalue weighted by Gasteiger charge is -2.42. The molecule has 20 heteroatoms. The Bertz CT molecular complexity index is 2430. The summed E-state index contributed by atoms with van der Waals surface area (Å²) in [6.45, 7) is 17.6. The van der Waals surface area contributed by atoms with Crippen molar-refractivity contribution in [1.82, 2.24) is 19.1 Å². The maximum atomic E-state index is 13.6. The van der Waals surface area contributed by atoms with Gasteiger partial charge >= 0.3 is 12.1 Å². The van der Waals surface area contributed by atoms with Crippen LogP contribution in [0.15, 0.2) is 89.9 Å². The predicted octanol–water partition coefficient (Wildman–Crippen LogP) is 10.4. The van der Waals surface area contributed by atoms with Crippen LogP contribution in [0.3, 0.4) is 0 Å². The number of carbonyl (C=O) groups excluding carboxylic acids is 1. The number of ether oxygens (including phenoxy) is 4. The Morgan fingerprint density at radius 1 is 0.913 bits per heavy atom. The minimum atomic E-state index is -5.18. The highest BCUT2D eigenvalue weighted by Crippen LogP contribution is 2.52. The van der Waals surface area contributed by atoms with Crippen LogP contribution in [0.5, 0.6) is 11.5 Å². The molecule has 1 aliphatic heterocycles. The van der Waals surface area contributed by atoms with Crippen LogP contribution < -0.4 is 15.0 Å². The van der Waals surface area contributed by atoms with Gasteiger partial charge in [-0.2, -0.15) is 18.4 Å². The topological polar surface area (TPSA) is 150 Å². The van der Waals surface area contributed by atoms with Gasteiger partial charge in [0.2, 0.25) is 0 Å². The van der Waals surface area contributed by atoms with Crippen molar-refractivity contribution < 1.29 is 50.4 Å². The summed E-state index contributed by atoms with van der Waals surface area (Å²) >= 11 is 5.80. The molecule has 3 aromatic carbocycles. The molecular weight excluding hydrogens is 951 g/mol. The predicted molar refractivity (Wildman–Crippen MR) is 263 cm³/mol. The number of aromatic amines is 1. The number of hydrogen-bond donors (Lipinski definition) is 1. The number of nitrogens with zero attached hydrogens (tertiary/aromatic N) is 4. The molecule has 1 amide bonds. The molecule has 5 rings (SSSR count). The van der Waals surface area contributed by atoms with Gasteiger partial charge in [0.05, 0.1) is 52.0 Å². The van der Waals surface area contributed by atoms with Gasteiger partial charge in [0.15, 0.2) is 19.3 Å². The summed E-state index contributed by atoms with van der Waals surface area (Å²) in [6, 6.07) is 26.8. The van der Waals surface area contributed by atoms with Gasteiger partial charge < -0.3 is 37.3 Å². The van der Waals surface area contributed by atoms with Crippen LogP contribution in [0.25, 0.3) is 0 Å². The van der Waals surface area contributed by atoms with E-state index in [1.807, 2.05) is 107 Å². The Morgan fingerprint density at radius 2 is 1.45 bits per heavy atom. The molecule has 14 nitrogen and oxygen atoms in total. The summed E-state index contributed by atoms with van der Waals surface area (Å²) in [6.07, 6.45) is -7.98. The number of rotatable bonds is 21. The van der Waals surface area contributed by atoms with E-state index in [1.54, 1.807) is 14.2 Å². The maximum Gasteiger partial charge on any atom is 0.471 e. The second-order valence-corrected chi connectivity index (χ2v) is 25.4. The largest absolute Gasteiger partial charge is 0.497 e. The molecule has 1 aliphatic rings. The standard InChI is InChI=1S/C49H65F3N5O9PSSi/c1-32(2)57(33(3)4)67(63-28-16-27-53)65-41-40(31-62-48(35-17-14-13-15-18-35,36-19-23-38(60-9)24-20-36)37-21-25-39(61-10)26-22-37)64-44(42(41)66-69(11,12)47(5,6)7)56-30-34(43(58)54-46(56)68)29-55(8)45(59)49(50,51)52/h13-15,17-26,30,32-33,40-42,44H,16,28-29,31H2,1-12H3,(H,54,58,68)/t40-,41-,42-,44-,67?/m1/s1. The van der Waals surface area contributed by atoms with Gasteiger partial charge in [-0.3, -0.25) is 19.1 Å². The maximum absolute atomic E-state index is 13.6. The summed E-state index contributed by atoms with van der Waals surface area (Å²) in [7, 11) is -0.638. The number of nitriles is 1. The van der Waals surface area contributed by atoms with Crippen molar-refractivity contribution in [3.8, 4) is 17.6 Å². The number of hydrogen-bond acceptors (Lipinski definition) is 12. The smallest absolute Gasteiger partial charge is 0.471 e. The monoisotopic (exact) mass is 1020 g/mol. The Hall–Kier alpha value is -4.48. The fourth-order valence-corrected chi connectivity index (χ4v) is 11.2. The molecule has 69 heavy (non-hydrogen) atoms. The normalized spacial score (nSPS) is 18.4. The third kappa shape index (κ3) is 12.9. The number of benzene rings is 3. The fraction of sp³-hybridized carbons (Fsp3) is 0.510. The number of alkyl halides is 3. The van der Waals surface area contributed by atoms with Crippen LogP contribution in [0.4, 0.5) is 13.2 Å². The van der Waals surface area contributed by atoms with Crippen molar-refractivity contribution in [2.75, 3.05) is 34.5 Å². The van der Waals surface area contributed by atoms with Gasteiger partial charge in [-0.1, -0.05) is 75.4 Å². The molecule has 0 aliphatic carbocycles. The average molecular weight is 1020 g/mol. The number of halogens is 3. The van der Waals surface area contributed by atoms with E-state index in [-0.39, 0.29) is 47.1 Å². The summed E-state index contributed by atoms with van der Waals surface area (Å²) < 4.78 is 91.0. The highest BCUT2D eigenvalue weighted by molar-refractivity contribution is 7.71. The van der Waals surface area contributed by atoms with E-state index >= 15 is 0 Å². The number of aromatic nitrogens is 2. The molecule has 2 heterocycles. The lowest BCUT2D eigenvalue weighted by Crippen LogP contribution is -2.50. The molecule has 0 saturated carbocycles. The molecule has 1 aromatic heterocycles. The van der Waals surface area contributed by atoms with Crippen LogP contribution in [0.2, 0.25) is 18.1 Å². The van der Waals surface area contributed by atoms with E-state index < -0.39 is 71.2 Å². The van der Waals surface area contributed by atoms with Crippen LogP contribution in [0, 0.1) is 16.1 Å². The Morgan fingerprint density at radius 3 is 1.93 bits per heavy atom. The molecule has 0 spiro atoms. The Labute approximate surface area is 410 Å². The minimum absolute atomic E-state index is 0.0641. The second-order valence-electron chi connectivity index (χ2n) is 18.8. The molecular formula is C49H65F3N5O9PSSi. The summed E-state index contributed by atoms with van der Waals surface area (Å²) in [5.41, 5.74) is -0.00691. The zero-order valence-corrected chi connectivity index (χ0v) is 44.0. The Balaban J connectivity index is 1.78. The molecule has 1 unspecified atom stereocenters. The van der Waals surface area contributed by atoms with Crippen LogP contribution in [0.1, 0.15) is 83.4 Å².